The van der Waals surface area contributed by atoms with Gasteiger partial charge in [-0.15, -0.1) is 0 Å². The molecular formula is C20H32N4O4. The molecule has 0 atom stereocenters. The number of amides is 3. The van der Waals surface area contributed by atoms with Gasteiger partial charge >= 0.3 is 12.1 Å². The van der Waals surface area contributed by atoms with Gasteiger partial charge in [0.25, 0.3) is 0 Å². The minimum atomic E-state index is -0.475. The van der Waals surface area contributed by atoms with Crippen molar-refractivity contribution in [3.63, 3.8) is 0 Å². The summed E-state index contributed by atoms with van der Waals surface area (Å²) in [6.45, 7) is 10.2. The predicted molar refractivity (Wildman–Crippen MR) is 107 cm³/mol. The number of hydrogen-bond donors (Lipinski definition) is 2. The molecule has 28 heavy (non-hydrogen) atoms. The minimum absolute atomic E-state index is 0.191. The van der Waals surface area contributed by atoms with Gasteiger partial charge in [0.05, 0.1) is 7.11 Å². The molecule has 8 nitrogen and oxygen atoms in total. The number of rotatable bonds is 6. The zero-order valence-corrected chi connectivity index (χ0v) is 17.3. The summed E-state index contributed by atoms with van der Waals surface area (Å²) >= 11 is 0. The molecule has 1 aromatic carbocycles. The Morgan fingerprint density at radius 2 is 1.68 bits per heavy atom. The predicted octanol–water partition coefficient (Wildman–Crippen LogP) is 2.05. The van der Waals surface area contributed by atoms with Crippen LogP contribution < -0.4 is 15.4 Å². The van der Waals surface area contributed by atoms with E-state index < -0.39 is 5.60 Å². The monoisotopic (exact) mass is 392 g/mol. The van der Waals surface area contributed by atoms with Crippen LogP contribution in [0.1, 0.15) is 26.3 Å². The smallest absolute Gasteiger partial charge is 0.410 e. The molecule has 8 heteroatoms. The third-order valence-electron chi connectivity index (χ3n) is 4.35. The van der Waals surface area contributed by atoms with Crippen LogP contribution in [-0.4, -0.2) is 73.9 Å². The first kappa shape index (κ1) is 21.8. The van der Waals surface area contributed by atoms with Crippen molar-refractivity contribution in [3.05, 3.63) is 29.8 Å². The molecule has 1 fully saturated rings. The van der Waals surface area contributed by atoms with Crippen LogP contribution in [-0.2, 0) is 11.3 Å². The van der Waals surface area contributed by atoms with E-state index in [9.17, 15) is 9.59 Å². The molecule has 0 unspecified atom stereocenters. The van der Waals surface area contributed by atoms with E-state index in [4.69, 9.17) is 9.47 Å². The van der Waals surface area contributed by atoms with Gasteiger partial charge in [-0.25, -0.2) is 9.59 Å². The summed E-state index contributed by atoms with van der Waals surface area (Å²) in [5.41, 5.74) is 0.534. The molecule has 2 rings (SSSR count). The minimum Gasteiger partial charge on any atom is -0.497 e. The quantitative estimate of drug-likeness (QED) is 0.774. The van der Waals surface area contributed by atoms with Crippen molar-refractivity contribution in [1.29, 1.82) is 0 Å². The number of carbonyl (C=O) groups excluding carboxylic acids is 2. The van der Waals surface area contributed by atoms with E-state index in [2.05, 4.69) is 15.5 Å². The Morgan fingerprint density at radius 3 is 2.25 bits per heavy atom. The van der Waals surface area contributed by atoms with Crippen LogP contribution in [0.3, 0.4) is 0 Å². The summed E-state index contributed by atoms with van der Waals surface area (Å²) in [6.07, 6.45) is -0.261. The number of methoxy groups -OCH3 is 1. The van der Waals surface area contributed by atoms with Gasteiger partial charge in [-0.1, -0.05) is 12.1 Å². The Morgan fingerprint density at radius 1 is 1.04 bits per heavy atom. The van der Waals surface area contributed by atoms with E-state index in [1.54, 1.807) is 12.0 Å². The lowest BCUT2D eigenvalue weighted by atomic mass is 10.2. The number of ether oxygens (including phenoxy) is 2. The number of benzene rings is 1. The van der Waals surface area contributed by atoms with Crippen LogP contribution >= 0.6 is 0 Å². The summed E-state index contributed by atoms with van der Waals surface area (Å²) in [5, 5.41) is 5.71. The van der Waals surface area contributed by atoms with Gasteiger partial charge in [-0.3, -0.25) is 4.90 Å². The fourth-order valence-corrected chi connectivity index (χ4v) is 2.80. The lowest BCUT2D eigenvalue weighted by Gasteiger charge is -2.35. The molecule has 1 aliphatic rings. The van der Waals surface area contributed by atoms with E-state index in [-0.39, 0.29) is 12.1 Å². The highest BCUT2D eigenvalue weighted by Gasteiger charge is 2.25. The SMILES string of the molecule is COc1ccc(CNC(=O)NCCN2CCN(C(=O)OC(C)(C)C)CC2)cc1. The number of carbonyl (C=O) groups is 2. The molecule has 3 amide bonds. The van der Waals surface area contributed by atoms with Crippen molar-refractivity contribution in [1.82, 2.24) is 20.4 Å². The molecule has 0 aliphatic carbocycles. The molecule has 1 aromatic rings. The maximum absolute atomic E-state index is 12.1. The summed E-state index contributed by atoms with van der Waals surface area (Å²) < 4.78 is 10.5. The van der Waals surface area contributed by atoms with Crippen LogP contribution in [0.15, 0.2) is 24.3 Å². The van der Waals surface area contributed by atoms with Crippen molar-refractivity contribution in [2.75, 3.05) is 46.4 Å². The lowest BCUT2D eigenvalue weighted by molar-refractivity contribution is 0.0147. The van der Waals surface area contributed by atoms with Crippen LogP contribution in [0.5, 0.6) is 5.75 Å². The highest BCUT2D eigenvalue weighted by molar-refractivity contribution is 5.73. The third-order valence-corrected chi connectivity index (χ3v) is 4.35. The fraction of sp³-hybridized carbons (Fsp3) is 0.600. The summed E-state index contributed by atoms with van der Waals surface area (Å²) in [7, 11) is 1.62. The van der Waals surface area contributed by atoms with Crippen LogP contribution in [0.25, 0.3) is 0 Å². The highest BCUT2D eigenvalue weighted by atomic mass is 16.6. The highest BCUT2D eigenvalue weighted by Crippen LogP contribution is 2.12. The third kappa shape index (κ3) is 7.64. The number of piperazine rings is 1. The molecule has 0 bridgehead atoms. The average molecular weight is 393 g/mol. The molecule has 0 spiro atoms. The molecule has 2 N–H and O–H groups in total. The molecule has 0 radical (unpaired) electrons. The standard InChI is InChI=1S/C20H32N4O4/c1-20(2,3)28-19(26)24-13-11-23(12-14-24)10-9-21-18(25)22-15-16-5-7-17(27-4)8-6-16/h5-8H,9-15H2,1-4H3,(H2,21,22,25). The van der Waals surface area contributed by atoms with Crippen LogP contribution in [0.2, 0.25) is 0 Å². The Kier molecular flexibility index (Phi) is 7.92. The van der Waals surface area contributed by atoms with Gasteiger partial charge in [0.15, 0.2) is 0 Å². The van der Waals surface area contributed by atoms with E-state index in [1.165, 1.54) is 0 Å². The van der Waals surface area contributed by atoms with Gasteiger partial charge in [0, 0.05) is 45.8 Å². The maximum Gasteiger partial charge on any atom is 0.410 e. The molecule has 156 valence electrons. The van der Waals surface area contributed by atoms with E-state index >= 15 is 0 Å². The first-order valence-electron chi connectivity index (χ1n) is 9.62. The number of nitrogens with one attached hydrogen (secondary N) is 2. The molecule has 1 heterocycles. The Balaban J connectivity index is 1.59. The Bertz CT molecular complexity index is 635. The normalized spacial score (nSPS) is 15.1. The van der Waals surface area contributed by atoms with E-state index in [1.807, 2.05) is 45.0 Å². The lowest BCUT2D eigenvalue weighted by Crippen LogP contribution is -2.51. The van der Waals surface area contributed by atoms with Gasteiger partial charge in [-0.2, -0.15) is 0 Å². The molecule has 1 saturated heterocycles. The van der Waals surface area contributed by atoms with Gasteiger partial charge in [0.1, 0.15) is 11.4 Å². The zero-order chi connectivity index (χ0) is 20.6. The number of hydrogen-bond acceptors (Lipinski definition) is 5. The van der Waals surface area contributed by atoms with E-state index in [0.717, 1.165) is 30.9 Å². The zero-order valence-electron chi connectivity index (χ0n) is 17.3. The molecular weight excluding hydrogens is 360 g/mol. The van der Waals surface area contributed by atoms with Crippen molar-refractivity contribution in [2.45, 2.75) is 32.9 Å². The molecule has 1 aliphatic heterocycles. The number of nitrogens with zero attached hydrogens (tertiary/aromatic N) is 2. The van der Waals surface area contributed by atoms with Crippen molar-refractivity contribution in [3.8, 4) is 5.75 Å². The Hall–Kier alpha value is -2.48. The first-order chi connectivity index (χ1) is 13.3. The largest absolute Gasteiger partial charge is 0.497 e. The summed E-state index contributed by atoms with van der Waals surface area (Å²) in [4.78, 5) is 27.9. The molecule has 0 saturated carbocycles. The van der Waals surface area contributed by atoms with Crippen molar-refractivity contribution < 1.29 is 19.1 Å². The van der Waals surface area contributed by atoms with E-state index in [0.29, 0.717) is 26.2 Å². The van der Waals surface area contributed by atoms with Gasteiger partial charge in [0.2, 0.25) is 0 Å². The van der Waals surface area contributed by atoms with Crippen LogP contribution in [0.4, 0.5) is 9.59 Å². The summed E-state index contributed by atoms with van der Waals surface area (Å²) in [6, 6.07) is 7.38. The Labute approximate surface area is 167 Å². The number of urea groups is 1. The fourth-order valence-electron chi connectivity index (χ4n) is 2.80. The van der Waals surface area contributed by atoms with Crippen LogP contribution in [0, 0.1) is 0 Å². The van der Waals surface area contributed by atoms with Crippen molar-refractivity contribution in [2.24, 2.45) is 0 Å². The second-order valence-electron chi connectivity index (χ2n) is 7.77. The first-order valence-corrected chi connectivity index (χ1v) is 9.62. The van der Waals surface area contributed by atoms with Gasteiger partial charge in [-0.05, 0) is 38.5 Å². The molecule has 0 aromatic heterocycles. The second kappa shape index (κ2) is 10.2. The summed E-state index contributed by atoms with van der Waals surface area (Å²) in [5.74, 6) is 0.792. The average Bonchev–Trinajstić information content (AvgIpc) is 2.66. The van der Waals surface area contributed by atoms with Crippen molar-refractivity contribution >= 4 is 12.1 Å². The topological polar surface area (TPSA) is 83.1 Å². The second-order valence-corrected chi connectivity index (χ2v) is 7.77. The maximum atomic E-state index is 12.1. The van der Waals surface area contributed by atoms with Gasteiger partial charge < -0.3 is 25.0 Å².